The monoisotopic (exact) mass is 212 g/mol. The van der Waals surface area contributed by atoms with E-state index in [2.05, 4.69) is 31.1 Å². The summed E-state index contributed by atoms with van der Waals surface area (Å²) in [5, 5.41) is 3.46. The molecular weight excluding hydrogens is 184 g/mol. The molecule has 0 unspecified atom stereocenters. The molecular formula is C13H28N2. The molecule has 1 saturated carbocycles. The first-order chi connectivity index (χ1) is 7.18. The van der Waals surface area contributed by atoms with Crippen molar-refractivity contribution in [1.82, 2.24) is 10.2 Å². The smallest absolute Gasteiger partial charge is 0.0104 e. The highest BCUT2D eigenvalue weighted by atomic mass is 15.1. The van der Waals surface area contributed by atoms with E-state index in [1.54, 1.807) is 0 Å². The largest absolute Gasteiger partial charge is 0.313 e. The summed E-state index contributed by atoms with van der Waals surface area (Å²) in [4.78, 5) is 2.47. The van der Waals surface area contributed by atoms with Crippen LogP contribution < -0.4 is 5.32 Å². The van der Waals surface area contributed by atoms with Crippen LogP contribution in [0.5, 0.6) is 0 Å². The van der Waals surface area contributed by atoms with Crippen LogP contribution in [-0.2, 0) is 0 Å². The number of likely N-dealkylation sites (N-methyl/N-ethyl adjacent to an activating group) is 1. The van der Waals surface area contributed by atoms with Crippen molar-refractivity contribution < 1.29 is 0 Å². The van der Waals surface area contributed by atoms with Crippen molar-refractivity contribution in [1.29, 1.82) is 0 Å². The highest BCUT2D eigenvalue weighted by Crippen LogP contribution is 2.27. The topological polar surface area (TPSA) is 15.3 Å². The number of nitrogens with one attached hydrogen (secondary N) is 1. The summed E-state index contributed by atoms with van der Waals surface area (Å²) in [6.45, 7) is 8.01. The average molecular weight is 212 g/mol. The van der Waals surface area contributed by atoms with Gasteiger partial charge in [-0.2, -0.15) is 0 Å². The van der Waals surface area contributed by atoms with E-state index in [9.17, 15) is 0 Å². The van der Waals surface area contributed by atoms with Gasteiger partial charge in [0, 0.05) is 19.1 Å². The number of hydrogen-bond donors (Lipinski definition) is 1. The van der Waals surface area contributed by atoms with E-state index in [0.29, 0.717) is 6.04 Å². The molecule has 0 amide bonds. The van der Waals surface area contributed by atoms with Crippen LogP contribution in [0.3, 0.4) is 0 Å². The van der Waals surface area contributed by atoms with Crippen molar-refractivity contribution in [2.45, 2.75) is 52.0 Å². The van der Waals surface area contributed by atoms with Gasteiger partial charge in [-0.1, -0.05) is 39.5 Å². The molecule has 0 heterocycles. The molecule has 0 atom stereocenters. The summed E-state index contributed by atoms with van der Waals surface area (Å²) in [5.41, 5.74) is 0. The van der Waals surface area contributed by atoms with E-state index in [-0.39, 0.29) is 0 Å². The Bertz CT molecular complexity index is 151. The molecule has 0 spiro atoms. The predicted octanol–water partition coefficient (Wildman–Crippen LogP) is 2.50. The molecule has 0 saturated heterocycles. The Morgan fingerprint density at radius 3 is 2.47 bits per heavy atom. The van der Waals surface area contributed by atoms with Crippen LogP contribution in [0, 0.1) is 5.92 Å². The van der Waals surface area contributed by atoms with Crippen molar-refractivity contribution >= 4 is 0 Å². The van der Waals surface area contributed by atoms with E-state index in [1.165, 1.54) is 45.2 Å². The first-order valence-electron chi connectivity index (χ1n) is 6.60. The fourth-order valence-corrected chi connectivity index (χ4v) is 2.36. The maximum Gasteiger partial charge on any atom is 0.0104 e. The van der Waals surface area contributed by atoms with E-state index < -0.39 is 0 Å². The molecule has 1 aliphatic rings. The molecule has 0 aromatic rings. The predicted molar refractivity (Wildman–Crippen MR) is 67.2 cm³/mol. The number of hydrogen-bond acceptors (Lipinski definition) is 2. The van der Waals surface area contributed by atoms with Gasteiger partial charge >= 0.3 is 0 Å². The minimum absolute atomic E-state index is 0.619. The van der Waals surface area contributed by atoms with Crippen LogP contribution >= 0.6 is 0 Å². The van der Waals surface area contributed by atoms with E-state index in [0.717, 1.165) is 12.5 Å². The second-order valence-electron chi connectivity index (χ2n) is 5.35. The van der Waals surface area contributed by atoms with Crippen LogP contribution in [-0.4, -0.2) is 37.6 Å². The zero-order valence-corrected chi connectivity index (χ0v) is 10.8. The van der Waals surface area contributed by atoms with Crippen molar-refractivity contribution in [2.75, 3.05) is 26.7 Å². The van der Waals surface area contributed by atoms with Gasteiger partial charge < -0.3 is 10.2 Å². The summed E-state index contributed by atoms with van der Waals surface area (Å²) in [6, 6.07) is 0.619. The van der Waals surface area contributed by atoms with Gasteiger partial charge in [-0.15, -0.1) is 0 Å². The van der Waals surface area contributed by atoms with Gasteiger partial charge in [0.05, 0.1) is 0 Å². The van der Waals surface area contributed by atoms with E-state index >= 15 is 0 Å². The molecule has 0 aliphatic heterocycles. The minimum atomic E-state index is 0.619. The van der Waals surface area contributed by atoms with E-state index in [4.69, 9.17) is 0 Å². The number of nitrogens with zero attached hydrogens (tertiary/aromatic N) is 1. The Morgan fingerprint density at radius 1 is 1.20 bits per heavy atom. The first kappa shape index (κ1) is 13.0. The quantitative estimate of drug-likeness (QED) is 0.697. The fraction of sp³-hybridized carbons (Fsp3) is 1.00. The summed E-state index contributed by atoms with van der Waals surface area (Å²) >= 11 is 0. The van der Waals surface area contributed by atoms with Crippen LogP contribution in [0.2, 0.25) is 0 Å². The lowest BCUT2D eigenvalue weighted by molar-refractivity contribution is 0.296. The van der Waals surface area contributed by atoms with Gasteiger partial charge in [0.15, 0.2) is 0 Å². The lowest BCUT2D eigenvalue weighted by atomic mass is 10.0. The second-order valence-corrected chi connectivity index (χ2v) is 5.35. The fourth-order valence-electron chi connectivity index (χ4n) is 2.36. The maximum absolute atomic E-state index is 3.46. The van der Waals surface area contributed by atoms with Gasteiger partial charge in [0.25, 0.3) is 0 Å². The van der Waals surface area contributed by atoms with Gasteiger partial charge in [-0.05, 0) is 25.9 Å². The SMILES string of the molecule is CC(C)NCCN(C)CCC1CCCC1. The Hall–Kier alpha value is -0.0800. The maximum atomic E-state index is 3.46. The summed E-state index contributed by atoms with van der Waals surface area (Å²) in [5.74, 6) is 1.03. The molecule has 2 heteroatoms. The molecule has 1 fully saturated rings. The highest BCUT2D eigenvalue weighted by molar-refractivity contribution is 4.69. The van der Waals surface area contributed by atoms with Crippen molar-refractivity contribution in [3.8, 4) is 0 Å². The Labute approximate surface area is 95.4 Å². The standard InChI is InChI=1S/C13H28N2/c1-12(2)14-9-11-15(3)10-8-13-6-4-5-7-13/h12-14H,4-11H2,1-3H3. The highest BCUT2D eigenvalue weighted by Gasteiger charge is 2.14. The van der Waals surface area contributed by atoms with Crippen LogP contribution in [0.1, 0.15) is 46.0 Å². The molecule has 2 nitrogen and oxygen atoms in total. The summed E-state index contributed by atoms with van der Waals surface area (Å²) in [6.07, 6.45) is 7.33. The Balaban J connectivity index is 1.95. The third-order valence-electron chi connectivity index (χ3n) is 3.44. The third-order valence-corrected chi connectivity index (χ3v) is 3.44. The van der Waals surface area contributed by atoms with E-state index in [1.807, 2.05) is 0 Å². The molecule has 90 valence electrons. The second kappa shape index (κ2) is 7.24. The summed E-state index contributed by atoms with van der Waals surface area (Å²) in [7, 11) is 2.25. The molecule has 1 aliphatic carbocycles. The average Bonchev–Trinajstić information content (AvgIpc) is 2.66. The van der Waals surface area contributed by atoms with Gasteiger partial charge in [-0.25, -0.2) is 0 Å². The molecule has 1 rings (SSSR count). The van der Waals surface area contributed by atoms with Gasteiger partial charge in [-0.3, -0.25) is 0 Å². The molecule has 15 heavy (non-hydrogen) atoms. The Kier molecular flexibility index (Phi) is 6.26. The summed E-state index contributed by atoms with van der Waals surface area (Å²) < 4.78 is 0. The minimum Gasteiger partial charge on any atom is -0.313 e. The molecule has 0 bridgehead atoms. The van der Waals surface area contributed by atoms with Gasteiger partial charge in [0.2, 0.25) is 0 Å². The molecule has 0 aromatic heterocycles. The van der Waals surface area contributed by atoms with Crippen molar-refractivity contribution in [2.24, 2.45) is 5.92 Å². The van der Waals surface area contributed by atoms with Crippen LogP contribution in [0.25, 0.3) is 0 Å². The normalized spacial score (nSPS) is 18.2. The van der Waals surface area contributed by atoms with Crippen molar-refractivity contribution in [3.05, 3.63) is 0 Å². The third kappa shape index (κ3) is 6.16. The first-order valence-corrected chi connectivity index (χ1v) is 6.60. The van der Waals surface area contributed by atoms with Crippen LogP contribution in [0.4, 0.5) is 0 Å². The van der Waals surface area contributed by atoms with Crippen molar-refractivity contribution in [3.63, 3.8) is 0 Å². The van der Waals surface area contributed by atoms with Gasteiger partial charge in [0.1, 0.15) is 0 Å². The zero-order chi connectivity index (χ0) is 11.1. The lowest BCUT2D eigenvalue weighted by Crippen LogP contribution is -2.33. The number of rotatable bonds is 7. The lowest BCUT2D eigenvalue weighted by Gasteiger charge is -2.19. The molecule has 0 aromatic carbocycles. The molecule has 0 radical (unpaired) electrons. The Morgan fingerprint density at radius 2 is 1.87 bits per heavy atom. The zero-order valence-electron chi connectivity index (χ0n) is 10.8. The molecule has 1 N–H and O–H groups in total. The van der Waals surface area contributed by atoms with Crippen LogP contribution in [0.15, 0.2) is 0 Å².